The molecule has 3 rings (SSSR count). The first-order valence-corrected chi connectivity index (χ1v) is 10.7. The second-order valence-corrected chi connectivity index (χ2v) is 8.51. The lowest BCUT2D eigenvalue weighted by molar-refractivity contribution is -0.132. The van der Waals surface area contributed by atoms with Gasteiger partial charge in [-0.05, 0) is 37.0 Å². The number of rotatable bonds is 7. The molecule has 7 nitrogen and oxygen atoms in total. The highest BCUT2D eigenvalue weighted by atomic mass is 32.2. The first kappa shape index (κ1) is 19.5. The topological polar surface area (TPSA) is 93.4 Å². The lowest BCUT2D eigenvalue weighted by atomic mass is 10.2. The van der Waals surface area contributed by atoms with Crippen LogP contribution in [0.5, 0.6) is 0 Å². The van der Waals surface area contributed by atoms with Gasteiger partial charge >= 0.3 is 5.22 Å². The monoisotopic (exact) mass is 395 g/mol. The Hall–Kier alpha value is -2.29. The molecule has 1 aliphatic rings. The maximum Gasteiger partial charge on any atom is 0.335 e. The number of likely N-dealkylation sites (tertiary alicyclic amines) is 1. The number of carbonyl (C=O) groups is 1. The summed E-state index contributed by atoms with van der Waals surface area (Å²) in [5.41, 5.74) is 0.424. The van der Waals surface area contributed by atoms with Crippen molar-refractivity contribution in [2.75, 3.05) is 6.54 Å². The second-order valence-electron chi connectivity index (χ2n) is 6.64. The van der Waals surface area contributed by atoms with Crippen LogP contribution in [-0.2, 0) is 20.4 Å². The number of hydrogen-bond acceptors (Lipinski definition) is 6. The molecule has 27 heavy (non-hydrogen) atoms. The molecule has 0 radical (unpaired) electrons. The predicted molar refractivity (Wildman–Crippen MR) is 94.8 cm³/mol. The summed E-state index contributed by atoms with van der Waals surface area (Å²) < 4.78 is 43.4. The van der Waals surface area contributed by atoms with Crippen molar-refractivity contribution in [2.45, 2.75) is 56.0 Å². The molecule has 0 bridgehead atoms. The average Bonchev–Trinajstić information content (AvgIpc) is 3.30. The number of carbonyl (C=O) groups excluding carboxylic acids is 1. The van der Waals surface area contributed by atoms with Crippen molar-refractivity contribution in [1.29, 1.82) is 0 Å². The molecule has 1 aromatic carbocycles. The van der Waals surface area contributed by atoms with Gasteiger partial charge in [0, 0.05) is 13.0 Å². The summed E-state index contributed by atoms with van der Waals surface area (Å²) in [5, 5.41) is 7.09. The van der Waals surface area contributed by atoms with Crippen molar-refractivity contribution >= 4 is 15.7 Å². The van der Waals surface area contributed by atoms with Crippen LogP contribution in [0.15, 0.2) is 33.9 Å². The van der Waals surface area contributed by atoms with Crippen LogP contribution in [-0.4, -0.2) is 36.0 Å². The van der Waals surface area contributed by atoms with Gasteiger partial charge in [0.15, 0.2) is 0 Å². The Morgan fingerprint density at radius 1 is 1.30 bits per heavy atom. The fraction of sp³-hybridized carbons (Fsp3) is 0.500. The lowest BCUT2D eigenvalue weighted by Crippen LogP contribution is -2.30. The number of nitrogens with zero attached hydrogens (tertiary/aromatic N) is 3. The zero-order valence-electron chi connectivity index (χ0n) is 15.1. The molecule has 1 saturated heterocycles. The summed E-state index contributed by atoms with van der Waals surface area (Å²) in [6, 6.07) is 4.81. The molecular formula is C18H22FN3O4S. The van der Waals surface area contributed by atoms with E-state index in [1.54, 1.807) is 4.90 Å². The summed E-state index contributed by atoms with van der Waals surface area (Å²) in [6.07, 6.45) is 3.66. The van der Waals surface area contributed by atoms with Crippen molar-refractivity contribution < 1.29 is 22.0 Å². The van der Waals surface area contributed by atoms with Gasteiger partial charge in [-0.25, -0.2) is 12.8 Å². The van der Waals surface area contributed by atoms with E-state index in [9.17, 15) is 17.6 Å². The van der Waals surface area contributed by atoms with Crippen LogP contribution >= 0.6 is 0 Å². The van der Waals surface area contributed by atoms with Gasteiger partial charge in [0.2, 0.25) is 21.6 Å². The Morgan fingerprint density at radius 2 is 2.04 bits per heavy atom. The molecule has 146 valence electrons. The molecule has 2 aromatic rings. The Bertz CT molecular complexity index is 896. The molecule has 2 heterocycles. The van der Waals surface area contributed by atoms with E-state index in [1.165, 1.54) is 24.3 Å². The Morgan fingerprint density at radius 3 is 2.74 bits per heavy atom. The minimum atomic E-state index is -3.85. The number of halogens is 1. The molecule has 0 N–H and O–H groups in total. The number of hydrogen-bond donors (Lipinski definition) is 0. The largest absolute Gasteiger partial charge is 0.410 e. The zero-order valence-corrected chi connectivity index (χ0v) is 15.9. The molecule has 0 unspecified atom stereocenters. The molecule has 9 heteroatoms. The van der Waals surface area contributed by atoms with Gasteiger partial charge in [0.25, 0.3) is 0 Å². The number of aromatic nitrogens is 2. The van der Waals surface area contributed by atoms with Gasteiger partial charge in [-0.1, -0.05) is 30.6 Å². The number of amides is 1. The maximum atomic E-state index is 13.0. The SMILES string of the molecule is CCCCC(=O)N1CCC[C@H]1c1nnc(S(=O)(=O)Cc2ccc(F)cc2)o1. The van der Waals surface area contributed by atoms with E-state index in [1.807, 2.05) is 6.92 Å². The summed E-state index contributed by atoms with van der Waals surface area (Å²) in [4.78, 5) is 14.0. The highest BCUT2D eigenvalue weighted by Gasteiger charge is 2.35. The molecular weight excluding hydrogens is 373 g/mol. The van der Waals surface area contributed by atoms with Gasteiger partial charge in [0.1, 0.15) is 11.9 Å². The Balaban J connectivity index is 1.75. The van der Waals surface area contributed by atoms with Crippen molar-refractivity contribution in [3.8, 4) is 0 Å². The third-order valence-electron chi connectivity index (χ3n) is 4.56. The highest BCUT2D eigenvalue weighted by molar-refractivity contribution is 7.90. The molecule has 1 atom stereocenters. The van der Waals surface area contributed by atoms with E-state index >= 15 is 0 Å². The zero-order chi connectivity index (χ0) is 19.4. The Kier molecular flexibility index (Phi) is 5.88. The normalized spacial score (nSPS) is 17.4. The standard InChI is InChI=1S/C18H22FN3O4S/c1-2-3-6-16(23)22-11-4-5-15(22)17-20-21-18(26-17)27(24,25)12-13-7-9-14(19)10-8-13/h7-10,15H,2-6,11-12H2,1H3/t15-/m0/s1. The van der Waals surface area contributed by atoms with E-state index in [2.05, 4.69) is 10.2 Å². The van der Waals surface area contributed by atoms with E-state index in [4.69, 9.17) is 4.42 Å². The van der Waals surface area contributed by atoms with Gasteiger partial charge in [0.05, 0.1) is 5.75 Å². The smallest absolute Gasteiger partial charge is 0.335 e. The molecule has 1 aromatic heterocycles. The summed E-state index contributed by atoms with van der Waals surface area (Å²) >= 11 is 0. The van der Waals surface area contributed by atoms with Gasteiger partial charge in [-0.15, -0.1) is 5.10 Å². The van der Waals surface area contributed by atoms with E-state index in [0.29, 0.717) is 24.9 Å². The van der Waals surface area contributed by atoms with Crippen molar-refractivity contribution in [3.63, 3.8) is 0 Å². The van der Waals surface area contributed by atoms with Crippen LogP contribution in [0.1, 0.15) is 56.5 Å². The average molecular weight is 395 g/mol. The van der Waals surface area contributed by atoms with Crippen molar-refractivity contribution in [1.82, 2.24) is 15.1 Å². The fourth-order valence-corrected chi connectivity index (χ4v) is 4.27. The molecule has 1 amide bonds. The molecule has 1 aliphatic heterocycles. The molecule has 0 saturated carbocycles. The first-order valence-electron chi connectivity index (χ1n) is 9.01. The third kappa shape index (κ3) is 4.52. The predicted octanol–water partition coefficient (Wildman–Crippen LogP) is 3.04. The molecule has 0 aliphatic carbocycles. The third-order valence-corrected chi connectivity index (χ3v) is 5.97. The maximum absolute atomic E-state index is 13.0. The Labute approximate surface area is 157 Å². The van der Waals surface area contributed by atoms with Gasteiger partial charge < -0.3 is 9.32 Å². The minimum Gasteiger partial charge on any atom is -0.410 e. The molecule has 1 fully saturated rings. The first-order chi connectivity index (χ1) is 12.9. The minimum absolute atomic E-state index is 0.0215. The quantitative estimate of drug-likeness (QED) is 0.715. The number of unbranched alkanes of at least 4 members (excludes halogenated alkanes) is 1. The van der Waals surface area contributed by atoms with E-state index < -0.39 is 20.9 Å². The second kappa shape index (κ2) is 8.16. The van der Waals surface area contributed by atoms with E-state index in [-0.39, 0.29) is 23.6 Å². The van der Waals surface area contributed by atoms with Crippen LogP contribution < -0.4 is 0 Å². The van der Waals surface area contributed by atoms with Crippen molar-refractivity contribution in [3.05, 3.63) is 41.5 Å². The fourth-order valence-electron chi connectivity index (χ4n) is 3.14. The lowest BCUT2D eigenvalue weighted by Gasteiger charge is -2.21. The number of sulfone groups is 1. The van der Waals surface area contributed by atoms with Gasteiger partial charge in [-0.2, -0.15) is 0 Å². The summed E-state index contributed by atoms with van der Waals surface area (Å²) in [6.45, 7) is 2.62. The summed E-state index contributed by atoms with van der Waals surface area (Å²) in [5.74, 6) is -0.632. The van der Waals surface area contributed by atoms with Crippen LogP contribution in [0, 0.1) is 5.82 Å². The van der Waals surface area contributed by atoms with Gasteiger partial charge in [-0.3, -0.25) is 4.79 Å². The van der Waals surface area contributed by atoms with Crippen LogP contribution in [0.2, 0.25) is 0 Å². The molecule has 0 spiro atoms. The van der Waals surface area contributed by atoms with Crippen molar-refractivity contribution in [2.24, 2.45) is 0 Å². The van der Waals surface area contributed by atoms with Crippen LogP contribution in [0.4, 0.5) is 4.39 Å². The van der Waals surface area contributed by atoms with Crippen LogP contribution in [0.25, 0.3) is 0 Å². The highest BCUT2D eigenvalue weighted by Crippen LogP contribution is 2.32. The summed E-state index contributed by atoms with van der Waals surface area (Å²) in [7, 11) is -3.85. The van der Waals surface area contributed by atoms with E-state index in [0.717, 1.165) is 19.3 Å². The number of benzene rings is 1. The van der Waals surface area contributed by atoms with Crippen LogP contribution in [0.3, 0.4) is 0 Å².